The zero-order valence-electron chi connectivity index (χ0n) is 15.5. The molecule has 146 valence electrons. The maximum Gasteiger partial charge on any atom is 0.342 e. The zero-order valence-corrected chi connectivity index (χ0v) is 16.3. The molecule has 1 fully saturated rings. The molecule has 0 aliphatic carbocycles. The van der Waals surface area contributed by atoms with Crippen LogP contribution in [0.25, 0.3) is 5.52 Å². The lowest BCUT2D eigenvalue weighted by atomic mass is 10.1. The molecule has 0 aromatic carbocycles. The standard InChI is InChI=1S/C18H23N3O5S/c1-11(2)16(17(22)20-13-5-7-27(24,25)10-13)26-18(23)14-9-19-21-6-4-12(3)8-15(14)21/h4,6,8-9,11,13,16H,5,7,10H2,1-3H3,(H,20,22). The van der Waals surface area contributed by atoms with Gasteiger partial charge in [0.1, 0.15) is 5.56 Å². The third kappa shape index (κ3) is 4.29. The van der Waals surface area contributed by atoms with Crippen molar-refractivity contribution in [3.05, 3.63) is 35.7 Å². The molecule has 2 unspecified atom stereocenters. The Morgan fingerprint density at radius 2 is 2.11 bits per heavy atom. The lowest BCUT2D eigenvalue weighted by molar-refractivity contribution is -0.132. The molecular formula is C18H23N3O5S. The molecule has 3 heterocycles. The predicted molar refractivity (Wildman–Crippen MR) is 99.2 cm³/mol. The zero-order chi connectivity index (χ0) is 19.8. The highest BCUT2D eigenvalue weighted by Crippen LogP contribution is 2.18. The molecule has 0 radical (unpaired) electrons. The van der Waals surface area contributed by atoms with Crippen LogP contribution >= 0.6 is 0 Å². The monoisotopic (exact) mass is 393 g/mol. The van der Waals surface area contributed by atoms with Crippen molar-refractivity contribution >= 4 is 27.2 Å². The van der Waals surface area contributed by atoms with Gasteiger partial charge in [0.05, 0.1) is 23.2 Å². The molecule has 0 saturated carbocycles. The number of carbonyl (C=O) groups is 2. The van der Waals surface area contributed by atoms with Crippen LogP contribution in [0.1, 0.15) is 36.2 Å². The summed E-state index contributed by atoms with van der Waals surface area (Å²) in [5.74, 6) is -1.40. The molecule has 2 aromatic rings. The Morgan fingerprint density at radius 1 is 1.37 bits per heavy atom. The van der Waals surface area contributed by atoms with E-state index >= 15 is 0 Å². The maximum atomic E-state index is 12.6. The quantitative estimate of drug-likeness (QED) is 0.763. The SMILES string of the molecule is Cc1ccn2ncc(C(=O)OC(C(=O)NC3CCS(=O)(=O)C3)C(C)C)c2c1. The van der Waals surface area contributed by atoms with Crippen LogP contribution in [0.4, 0.5) is 0 Å². The van der Waals surface area contributed by atoms with Crippen LogP contribution in [-0.4, -0.2) is 53.6 Å². The number of sulfone groups is 1. The Morgan fingerprint density at radius 3 is 2.74 bits per heavy atom. The van der Waals surface area contributed by atoms with Crippen LogP contribution < -0.4 is 5.32 Å². The molecule has 2 atom stereocenters. The highest BCUT2D eigenvalue weighted by atomic mass is 32.2. The minimum absolute atomic E-state index is 0.0613. The summed E-state index contributed by atoms with van der Waals surface area (Å²) in [5.41, 5.74) is 1.85. The van der Waals surface area contributed by atoms with Gasteiger partial charge in [-0.2, -0.15) is 5.10 Å². The van der Waals surface area contributed by atoms with Crippen LogP contribution in [0.5, 0.6) is 0 Å². The summed E-state index contributed by atoms with van der Waals surface area (Å²) < 4.78 is 30.2. The highest BCUT2D eigenvalue weighted by Gasteiger charge is 2.33. The molecule has 1 amide bonds. The molecule has 9 heteroatoms. The van der Waals surface area contributed by atoms with E-state index in [1.807, 2.05) is 19.1 Å². The van der Waals surface area contributed by atoms with Crippen molar-refractivity contribution in [2.24, 2.45) is 5.92 Å². The Balaban J connectivity index is 1.74. The van der Waals surface area contributed by atoms with Gasteiger partial charge in [0.25, 0.3) is 5.91 Å². The van der Waals surface area contributed by atoms with Gasteiger partial charge in [0.15, 0.2) is 15.9 Å². The molecule has 2 aromatic heterocycles. The third-order valence-electron chi connectivity index (χ3n) is 4.57. The van der Waals surface area contributed by atoms with Crippen molar-refractivity contribution in [1.29, 1.82) is 0 Å². The topological polar surface area (TPSA) is 107 Å². The minimum Gasteiger partial charge on any atom is -0.448 e. The molecule has 8 nitrogen and oxygen atoms in total. The number of nitrogens with one attached hydrogen (secondary N) is 1. The molecule has 1 saturated heterocycles. The Labute approximate surface area is 157 Å². The molecule has 1 N–H and O–H groups in total. The van der Waals surface area contributed by atoms with Gasteiger partial charge in [0.2, 0.25) is 0 Å². The van der Waals surface area contributed by atoms with E-state index < -0.39 is 33.9 Å². The Bertz CT molecular complexity index is 980. The van der Waals surface area contributed by atoms with Gasteiger partial charge in [-0.25, -0.2) is 17.7 Å². The number of hydrogen-bond donors (Lipinski definition) is 1. The van der Waals surface area contributed by atoms with E-state index in [2.05, 4.69) is 10.4 Å². The number of fused-ring (bicyclic) bond motifs is 1. The number of ether oxygens (including phenoxy) is 1. The van der Waals surface area contributed by atoms with Crippen molar-refractivity contribution in [2.45, 2.75) is 39.3 Å². The van der Waals surface area contributed by atoms with E-state index in [0.29, 0.717) is 11.9 Å². The molecular weight excluding hydrogens is 370 g/mol. The molecule has 0 spiro atoms. The molecule has 3 rings (SSSR count). The van der Waals surface area contributed by atoms with Gasteiger partial charge >= 0.3 is 5.97 Å². The van der Waals surface area contributed by atoms with Crippen molar-refractivity contribution in [1.82, 2.24) is 14.9 Å². The third-order valence-corrected chi connectivity index (χ3v) is 6.34. The second-order valence-electron chi connectivity index (χ2n) is 7.27. The fraction of sp³-hybridized carbons (Fsp3) is 0.500. The maximum absolute atomic E-state index is 12.6. The largest absolute Gasteiger partial charge is 0.448 e. The van der Waals surface area contributed by atoms with Crippen LogP contribution in [0.3, 0.4) is 0 Å². The number of hydrogen-bond acceptors (Lipinski definition) is 6. The molecule has 0 bridgehead atoms. The smallest absolute Gasteiger partial charge is 0.342 e. The van der Waals surface area contributed by atoms with Crippen molar-refractivity contribution in [3.63, 3.8) is 0 Å². The van der Waals surface area contributed by atoms with Gasteiger partial charge < -0.3 is 10.1 Å². The number of aryl methyl sites for hydroxylation is 1. The van der Waals surface area contributed by atoms with Gasteiger partial charge in [0, 0.05) is 12.2 Å². The molecule has 1 aliphatic rings. The number of nitrogens with zero attached hydrogens (tertiary/aromatic N) is 2. The number of amides is 1. The first-order chi connectivity index (χ1) is 12.7. The van der Waals surface area contributed by atoms with E-state index in [4.69, 9.17) is 4.74 Å². The summed E-state index contributed by atoms with van der Waals surface area (Å²) in [6, 6.07) is 3.24. The summed E-state index contributed by atoms with van der Waals surface area (Å²) in [6.07, 6.45) is 2.52. The first-order valence-corrected chi connectivity index (χ1v) is 10.6. The number of carbonyl (C=O) groups excluding carboxylic acids is 2. The molecule has 1 aliphatic heterocycles. The van der Waals surface area contributed by atoms with Crippen molar-refractivity contribution < 1.29 is 22.7 Å². The number of aromatic nitrogens is 2. The summed E-state index contributed by atoms with van der Waals surface area (Å²) in [6.45, 7) is 5.44. The van der Waals surface area contributed by atoms with E-state index in [-0.39, 0.29) is 23.0 Å². The van der Waals surface area contributed by atoms with Crippen LogP contribution in [-0.2, 0) is 19.4 Å². The Kier molecular flexibility index (Phi) is 5.23. The summed E-state index contributed by atoms with van der Waals surface area (Å²) in [5, 5.41) is 6.82. The van der Waals surface area contributed by atoms with Crippen LogP contribution in [0.15, 0.2) is 24.5 Å². The minimum atomic E-state index is -3.11. The highest BCUT2D eigenvalue weighted by molar-refractivity contribution is 7.91. The van der Waals surface area contributed by atoms with Crippen LogP contribution in [0.2, 0.25) is 0 Å². The fourth-order valence-corrected chi connectivity index (χ4v) is 4.78. The fourth-order valence-electron chi connectivity index (χ4n) is 3.11. The number of esters is 1. The summed E-state index contributed by atoms with van der Waals surface area (Å²) in [4.78, 5) is 25.2. The summed E-state index contributed by atoms with van der Waals surface area (Å²) in [7, 11) is -3.11. The van der Waals surface area contributed by atoms with Crippen molar-refractivity contribution in [3.8, 4) is 0 Å². The van der Waals surface area contributed by atoms with E-state index in [9.17, 15) is 18.0 Å². The average Bonchev–Trinajstić information content (AvgIpc) is 3.14. The van der Waals surface area contributed by atoms with E-state index in [0.717, 1.165) is 5.56 Å². The van der Waals surface area contributed by atoms with E-state index in [1.165, 1.54) is 6.20 Å². The molecule has 27 heavy (non-hydrogen) atoms. The lowest BCUT2D eigenvalue weighted by Gasteiger charge is -2.22. The van der Waals surface area contributed by atoms with Gasteiger partial charge in [-0.05, 0) is 37.0 Å². The first kappa shape index (κ1) is 19.3. The lowest BCUT2D eigenvalue weighted by Crippen LogP contribution is -2.46. The van der Waals surface area contributed by atoms with Gasteiger partial charge in [-0.15, -0.1) is 0 Å². The second kappa shape index (κ2) is 7.30. The first-order valence-electron chi connectivity index (χ1n) is 8.82. The normalized spacial score (nSPS) is 19.9. The van der Waals surface area contributed by atoms with Gasteiger partial charge in [-0.1, -0.05) is 13.8 Å². The van der Waals surface area contributed by atoms with Crippen molar-refractivity contribution in [2.75, 3.05) is 11.5 Å². The average molecular weight is 393 g/mol. The second-order valence-corrected chi connectivity index (χ2v) is 9.50. The van der Waals surface area contributed by atoms with Crippen LogP contribution in [0, 0.1) is 12.8 Å². The predicted octanol–water partition coefficient (Wildman–Crippen LogP) is 1.13. The summed E-state index contributed by atoms with van der Waals surface area (Å²) >= 11 is 0. The Hall–Kier alpha value is -2.42. The van der Waals surface area contributed by atoms with Gasteiger partial charge in [-0.3, -0.25) is 4.79 Å². The number of rotatable bonds is 5. The van der Waals surface area contributed by atoms with E-state index in [1.54, 1.807) is 24.6 Å². The number of pyridine rings is 1.